The van der Waals surface area contributed by atoms with Gasteiger partial charge in [0.1, 0.15) is 0 Å². The highest BCUT2D eigenvalue weighted by molar-refractivity contribution is 6.52. The third-order valence-electron chi connectivity index (χ3n) is 1.42. The molecule has 13 heavy (non-hydrogen) atoms. The van der Waals surface area contributed by atoms with Gasteiger partial charge in [-0.2, -0.15) is 0 Å². The summed E-state index contributed by atoms with van der Waals surface area (Å²) >= 11 is 16.2. The number of hydrogen-bond donors (Lipinski definition) is 0. The zero-order valence-corrected chi connectivity index (χ0v) is 9.70. The summed E-state index contributed by atoms with van der Waals surface area (Å²) in [6, 6.07) is 0. The SMILES string of the molecule is CC(Cl)CCCCOC(=O)C(Cl)Cl. The summed E-state index contributed by atoms with van der Waals surface area (Å²) in [5.41, 5.74) is 0. The Morgan fingerprint density at radius 2 is 1.92 bits per heavy atom. The molecule has 0 saturated carbocycles. The lowest BCUT2D eigenvalue weighted by molar-refractivity contribution is -0.141. The third kappa shape index (κ3) is 8.66. The molecule has 5 heteroatoms. The number of unbranched alkanes of at least 4 members (excludes halogenated alkanes) is 1. The average Bonchev–Trinajstić information content (AvgIpc) is 2.02. The van der Waals surface area contributed by atoms with Gasteiger partial charge in [-0.05, 0) is 26.2 Å². The van der Waals surface area contributed by atoms with Crippen LogP contribution in [0.1, 0.15) is 26.2 Å². The van der Waals surface area contributed by atoms with Crippen LogP contribution < -0.4 is 0 Å². The number of carbonyl (C=O) groups excluding carboxylic acids is 1. The smallest absolute Gasteiger partial charge is 0.339 e. The van der Waals surface area contributed by atoms with Crippen molar-refractivity contribution in [3.05, 3.63) is 0 Å². The highest BCUT2D eigenvalue weighted by Gasteiger charge is 2.11. The van der Waals surface area contributed by atoms with Gasteiger partial charge >= 0.3 is 5.97 Å². The number of esters is 1. The maximum atomic E-state index is 10.7. The van der Waals surface area contributed by atoms with Gasteiger partial charge in [-0.15, -0.1) is 11.6 Å². The molecule has 0 rings (SSSR count). The van der Waals surface area contributed by atoms with Gasteiger partial charge in [0.2, 0.25) is 4.84 Å². The van der Waals surface area contributed by atoms with Crippen molar-refractivity contribution in [2.75, 3.05) is 6.61 Å². The quantitative estimate of drug-likeness (QED) is 0.409. The van der Waals surface area contributed by atoms with E-state index >= 15 is 0 Å². The van der Waals surface area contributed by atoms with Gasteiger partial charge in [0.25, 0.3) is 0 Å². The summed E-state index contributed by atoms with van der Waals surface area (Å²) in [6.45, 7) is 2.29. The van der Waals surface area contributed by atoms with E-state index in [4.69, 9.17) is 39.5 Å². The normalized spacial score (nSPS) is 13.0. The van der Waals surface area contributed by atoms with Crippen LogP contribution in [0, 0.1) is 0 Å². The van der Waals surface area contributed by atoms with Crippen LogP contribution in [0.3, 0.4) is 0 Å². The van der Waals surface area contributed by atoms with E-state index in [9.17, 15) is 4.79 Å². The van der Waals surface area contributed by atoms with Crippen molar-refractivity contribution >= 4 is 40.8 Å². The van der Waals surface area contributed by atoms with Gasteiger partial charge in [-0.25, -0.2) is 4.79 Å². The fraction of sp³-hybridized carbons (Fsp3) is 0.875. The van der Waals surface area contributed by atoms with Gasteiger partial charge < -0.3 is 4.74 Å². The van der Waals surface area contributed by atoms with Crippen molar-refractivity contribution in [1.82, 2.24) is 0 Å². The molecule has 0 aliphatic carbocycles. The molecule has 1 atom stereocenters. The van der Waals surface area contributed by atoms with Crippen molar-refractivity contribution in [3.63, 3.8) is 0 Å². The molecule has 0 heterocycles. The molecule has 0 aromatic rings. The van der Waals surface area contributed by atoms with Crippen LogP contribution in [0.5, 0.6) is 0 Å². The maximum absolute atomic E-state index is 10.7. The second-order valence-electron chi connectivity index (χ2n) is 2.74. The Morgan fingerprint density at radius 3 is 2.38 bits per heavy atom. The molecule has 0 fully saturated rings. The van der Waals surface area contributed by atoms with E-state index < -0.39 is 10.8 Å². The Balaban J connectivity index is 3.21. The van der Waals surface area contributed by atoms with E-state index in [-0.39, 0.29) is 5.38 Å². The highest BCUT2D eigenvalue weighted by Crippen LogP contribution is 2.08. The van der Waals surface area contributed by atoms with Crippen LogP contribution in [0.15, 0.2) is 0 Å². The van der Waals surface area contributed by atoms with Crippen molar-refractivity contribution in [2.24, 2.45) is 0 Å². The summed E-state index contributed by atoms with van der Waals surface area (Å²) in [7, 11) is 0. The summed E-state index contributed by atoms with van der Waals surface area (Å²) < 4.78 is 4.74. The second-order valence-corrected chi connectivity index (χ2v) is 4.59. The summed E-state index contributed by atoms with van der Waals surface area (Å²) in [4.78, 5) is 9.65. The molecule has 0 aliphatic rings. The van der Waals surface area contributed by atoms with Crippen LogP contribution in [-0.4, -0.2) is 22.8 Å². The van der Waals surface area contributed by atoms with Gasteiger partial charge in [-0.3, -0.25) is 0 Å². The monoisotopic (exact) mass is 246 g/mol. The molecule has 0 saturated heterocycles. The molecular formula is C8H13Cl3O2. The third-order valence-corrected chi connectivity index (χ3v) is 1.99. The fourth-order valence-corrected chi connectivity index (χ4v) is 1.04. The minimum absolute atomic E-state index is 0.171. The molecule has 0 aromatic heterocycles. The summed E-state index contributed by atoms with van der Waals surface area (Å²) in [6.07, 6.45) is 2.65. The number of halogens is 3. The van der Waals surface area contributed by atoms with Gasteiger partial charge in [0.05, 0.1) is 6.61 Å². The van der Waals surface area contributed by atoms with Crippen LogP contribution in [0.2, 0.25) is 0 Å². The molecule has 0 amide bonds. The molecule has 2 nitrogen and oxygen atoms in total. The van der Waals surface area contributed by atoms with Crippen LogP contribution >= 0.6 is 34.8 Å². The highest BCUT2D eigenvalue weighted by atomic mass is 35.5. The number of alkyl halides is 3. The molecule has 78 valence electrons. The maximum Gasteiger partial charge on any atom is 0.339 e. The van der Waals surface area contributed by atoms with Crippen LogP contribution in [-0.2, 0) is 9.53 Å². The van der Waals surface area contributed by atoms with Gasteiger partial charge in [-0.1, -0.05) is 23.2 Å². The van der Waals surface area contributed by atoms with Crippen LogP contribution in [0.25, 0.3) is 0 Å². The lowest BCUT2D eigenvalue weighted by Gasteiger charge is -2.05. The number of carbonyl (C=O) groups is 1. The molecule has 0 bridgehead atoms. The Kier molecular flexibility index (Phi) is 7.92. The lowest BCUT2D eigenvalue weighted by atomic mass is 10.2. The van der Waals surface area contributed by atoms with Crippen LogP contribution in [0.4, 0.5) is 0 Å². The number of rotatable bonds is 6. The molecule has 0 spiro atoms. The lowest BCUT2D eigenvalue weighted by Crippen LogP contribution is -2.13. The molecule has 0 aromatic carbocycles. The van der Waals surface area contributed by atoms with Crippen molar-refractivity contribution in [3.8, 4) is 0 Å². The molecule has 0 N–H and O–H groups in total. The minimum atomic E-state index is -1.08. The summed E-state index contributed by atoms with van der Waals surface area (Å²) in [5, 5.41) is 0.171. The first-order valence-corrected chi connectivity index (χ1v) is 5.44. The van der Waals surface area contributed by atoms with E-state index in [2.05, 4.69) is 0 Å². The average molecular weight is 248 g/mol. The summed E-state index contributed by atoms with van der Waals surface area (Å²) in [5.74, 6) is -0.581. The van der Waals surface area contributed by atoms with Crippen molar-refractivity contribution < 1.29 is 9.53 Å². The Bertz CT molecular complexity index is 148. The molecule has 0 aliphatic heterocycles. The first-order chi connectivity index (χ1) is 6.04. The standard InChI is InChI=1S/C8H13Cl3O2/c1-6(9)4-2-3-5-13-8(12)7(10)11/h6-7H,2-5H2,1H3. The van der Waals surface area contributed by atoms with Crippen molar-refractivity contribution in [2.45, 2.75) is 36.4 Å². The topological polar surface area (TPSA) is 26.3 Å². The number of hydrogen-bond acceptors (Lipinski definition) is 2. The Labute approximate surface area is 93.5 Å². The van der Waals surface area contributed by atoms with Gasteiger partial charge in [0.15, 0.2) is 0 Å². The minimum Gasteiger partial charge on any atom is -0.464 e. The predicted octanol–water partition coefficient (Wildman–Crippen LogP) is 3.13. The molecule has 1 unspecified atom stereocenters. The number of ether oxygens (including phenoxy) is 1. The molecule has 0 radical (unpaired) electrons. The predicted molar refractivity (Wildman–Crippen MR) is 55.6 cm³/mol. The van der Waals surface area contributed by atoms with Crippen molar-refractivity contribution in [1.29, 1.82) is 0 Å². The Hall–Kier alpha value is 0.340. The first kappa shape index (κ1) is 13.3. The second kappa shape index (κ2) is 7.72. The zero-order valence-electron chi connectivity index (χ0n) is 7.43. The molecular weight excluding hydrogens is 234 g/mol. The Morgan fingerprint density at radius 1 is 1.31 bits per heavy atom. The first-order valence-electron chi connectivity index (χ1n) is 4.13. The van der Waals surface area contributed by atoms with Gasteiger partial charge in [0, 0.05) is 5.38 Å². The fourth-order valence-electron chi connectivity index (χ4n) is 0.763. The van der Waals surface area contributed by atoms with E-state index in [1.807, 2.05) is 6.92 Å². The largest absolute Gasteiger partial charge is 0.464 e. The van der Waals surface area contributed by atoms with E-state index in [1.54, 1.807) is 0 Å². The zero-order chi connectivity index (χ0) is 10.3. The van der Waals surface area contributed by atoms with E-state index in [0.717, 1.165) is 19.3 Å². The van der Waals surface area contributed by atoms with E-state index in [1.165, 1.54) is 0 Å². The van der Waals surface area contributed by atoms with E-state index in [0.29, 0.717) is 6.61 Å².